The minimum atomic E-state index is -0.429. The van der Waals surface area contributed by atoms with Gasteiger partial charge in [0.15, 0.2) is 10.3 Å². The summed E-state index contributed by atoms with van der Waals surface area (Å²) in [7, 11) is 0. The number of carbonyl (C=O) groups excluding carboxylic acids is 1. The Hall–Kier alpha value is -0.870. The summed E-state index contributed by atoms with van der Waals surface area (Å²) in [5.74, 6) is 0.0170. The zero-order valence-electron chi connectivity index (χ0n) is 7.67. The SMILES string of the molecule is CCC(=O)Oc1c(Cl)nc(C)nc1Cl. The van der Waals surface area contributed by atoms with E-state index in [1.165, 1.54) is 0 Å². The number of halogens is 2. The highest BCUT2D eigenvalue weighted by atomic mass is 35.5. The summed E-state index contributed by atoms with van der Waals surface area (Å²) < 4.78 is 4.85. The van der Waals surface area contributed by atoms with Gasteiger partial charge in [-0.3, -0.25) is 4.79 Å². The second-order valence-corrected chi connectivity index (χ2v) is 3.23. The number of hydrogen-bond donors (Lipinski definition) is 0. The maximum atomic E-state index is 11.0. The van der Waals surface area contributed by atoms with Crippen LogP contribution >= 0.6 is 23.2 Å². The van der Waals surface area contributed by atoms with Gasteiger partial charge in [-0.25, -0.2) is 9.97 Å². The normalized spacial score (nSPS) is 10.0. The van der Waals surface area contributed by atoms with Crippen LogP contribution in [-0.2, 0) is 4.79 Å². The van der Waals surface area contributed by atoms with Crippen molar-refractivity contribution in [2.75, 3.05) is 0 Å². The quantitative estimate of drug-likeness (QED) is 0.583. The third kappa shape index (κ3) is 2.56. The van der Waals surface area contributed by atoms with Crippen molar-refractivity contribution in [2.24, 2.45) is 0 Å². The Bertz CT molecular complexity index is 345. The molecule has 0 radical (unpaired) electrons. The highest BCUT2D eigenvalue weighted by Crippen LogP contribution is 2.29. The lowest BCUT2D eigenvalue weighted by molar-refractivity contribution is -0.134. The second kappa shape index (κ2) is 4.57. The lowest BCUT2D eigenvalue weighted by Crippen LogP contribution is -2.08. The van der Waals surface area contributed by atoms with E-state index in [0.29, 0.717) is 5.82 Å². The maximum Gasteiger partial charge on any atom is 0.311 e. The molecule has 0 fully saturated rings. The van der Waals surface area contributed by atoms with Crippen LogP contribution in [0, 0.1) is 6.92 Å². The number of aryl methyl sites for hydroxylation is 1. The molecule has 0 saturated heterocycles. The van der Waals surface area contributed by atoms with Crippen molar-refractivity contribution >= 4 is 29.2 Å². The number of rotatable bonds is 2. The van der Waals surface area contributed by atoms with Gasteiger partial charge in [0.1, 0.15) is 5.82 Å². The van der Waals surface area contributed by atoms with Crippen molar-refractivity contribution in [1.29, 1.82) is 0 Å². The Balaban J connectivity index is 3.02. The molecule has 0 atom stereocenters. The second-order valence-electron chi connectivity index (χ2n) is 2.51. The fraction of sp³-hybridized carbons (Fsp3) is 0.375. The molecule has 14 heavy (non-hydrogen) atoms. The van der Waals surface area contributed by atoms with Crippen LogP contribution < -0.4 is 4.74 Å². The van der Waals surface area contributed by atoms with Gasteiger partial charge in [-0.2, -0.15) is 0 Å². The molecular weight excluding hydrogens is 227 g/mol. The van der Waals surface area contributed by atoms with E-state index in [2.05, 4.69) is 9.97 Å². The van der Waals surface area contributed by atoms with E-state index in [0.717, 1.165) is 0 Å². The first-order valence-corrected chi connectivity index (χ1v) is 4.70. The molecule has 0 saturated carbocycles. The fourth-order valence-corrected chi connectivity index (χ4v) is 1.32. The summed E-state index contributed by atoms with van der Waals surface area (Å²) in [6, 6.07) is 0. The van der Waals surface area contributed by atoms with Gasteiger partial charge in [0.05, 0.1) is 0 Å². The highest BCUT2D eigenvalue weighted by Gasteiger charge is 2.14. The van der Waals surface area contributed by atoms with E-state index in [-0.39, 0.29) is 22.5 Å². The maximum absolute atomic E-state index is 11.0. The van der Waals surface area contributed by atoms with Gasteiger partial charge in [-0.15, -0.1) is 0 Å². The Labute approximate surface area is 91.2 Å². The van der Waals surface area contributed by atoms with Crippen molar-refractivity contribution in [1.82, 2.24) is 9.97 Å². The predicted molar refractivity (Wildman–Crippen MR) is 52.7 cm³/mol. The average Bonchev–Trinajstić information content (AvgIpc) is 2.10. The molecule has 1 aromatic heterocycles. The summed E-state index contributed by atoms with van der Waals surface area (Å²) in [6.07, 6.45) is 0.237. The van der Waals surface area contributed by atoms with Gasteiger partial charge in [0.25, 0.3) is 0 Å². The monoisotopic (exact) mass is 234 g/mol. The Morgan fingerprint density at radius 3 is 2.29 bits per heavy atom. The summed E-state index contributed by atoms with van der Waals surface area (Å²) in [5.41, 5.74) is 0. The van der Waals surface area contributed by atoms with E-state index in [9.17, 15) is 4.79 Å². The number of carbonyl (C=O) groups is 1. The van der Waals surface area contributed by atoms with Crippen LogP contribution in [0.2, 0.25) is 10.3 Å². The van der Waals surface area contributed by atoms with Crippen molar-refractivity contribution in [3.05, 3.63) is 16.1 Å². The summed E-state index contributed by atoms with van der Waals surface area (Å²) >= 11 is 11.4. The summed E-state index contributed by atoms with van der Waals surface area (Å²) in [5, 5.41) is 0.0913. The molecule has 1 aromatic rings. The van der Waals surface area contributed by atoms with Crippen LogP contribution in [0.4, 0.5) is 0 Å². The standard InChI is InChI=1S/C8H8Cl2N2O2/c1-3-5(13)14-6-7(9)11-4(2)12-8(6)10/h3H2,1-2H3. The van der Waals surface area contributed by atoms with Crippen LogP contribution in [-0.4, -0.2) is 15.9 Å². The molecule has 4 nitrogen and oxygen atoms in total. The van der Waals surface area contributed by atoms with Gasteiger partial charge in [-0.05, 0) is 6.92 Å². The predicted octanol–water partition coefficient (Wildman–Crippen LogP) is 2.41. The molecule has 76 valence electrons. The number of esters is 1. The largest absolute Gasteiger partial charge is 0.420 e. The molecule has 0 amide bonds. The molecular formula is C8H8Cl2N2O2. The molecule has 0 N–H and O–H groups in total. The molecule has 0 aliphatic heterocycles. The van der Waals surface area contributed by atoms with Gasteiger partial charge >= 0.3 is 5.97 Å². The van der Waals surface area contributed by atoms with Gasteiger partial charge in [0.2, 0.25) is 5.75 Å². The topological polar surface area (TPSA) is 52.1 Å². The molecule has 0 unspecified atom stereocenters. The zero-order valence-corrected chi connectivity index (χ0v) is 9.19. The zero-order chi connectivity index (χ0) is 10.7. The van der Waals surface area contributed by atoms with Crippen LogP contribution in [0.5, 0.6) is 5.75 Å². The number of ether oxygens (including phenoxy) is 1. The first-order valence-electron chi connectivity index (χ1n) is 3.95. The number of nitrogens with zero attached hydrogens (tertiary/aromatic N) is 2. The van der Waals surface area contributed by atoms with Crippen molar-refractivity contribution < 1.29 is 9.53 Å². The summed E-state index contributed by atoms with van der Waals surface area (Å²) in [6.45, 7) is 3.31. The molecule has 1 rings (SSSR count). The fourth-order valence-electron chi connectivity index (χ4n) is 0.766. The third-order valence-corrected chi connectivity index (χ3v) is 1.91. The van der Waals surface area contributed by atoms with Crippen molar-refractivity contribution in [3.8, 4) is 5.75 Å². The molecule has 6 heteroatoms. The smallest absolute Gasteiger partial charge is 0.311 e. The van der Waals surface area contributed by atoms with Crippen molar-refractivity contribution in [3.63, 3.8) is 0 Å². The lowest BCUT2D eigenvalue weighted by atomic mass is 10.5. The minimum absolute atomic E-state index is 0.0192. The van der Waals surface area contributed by atoms with E-state index in [1.54, 1.807) is 13.8 Å². The van der Waals surface area contributed by atoms with Crippen LogP contribution in [0.25, 0.3) is 0 Å². The molecule has 0 bridgehead atoms. The Morgan fingerprint density at radius 1 is 1.36 bits per heavy atom. The average molecular weight is 235 g/mol. The lowest BCUT2D eigenvalue weighted by Gasteiger charge is -2.05. The van der Waals surface area contributed by atoms with Gasteiger partial charge < -0.3 is 4.74 Å². The minimum Gasteiger partial charge on any atom is -0.420 e. The van der Waals surface area contributed by atoms with E-state index in [4.69, 9.17) is 27.9 Å². The van der Waals surface area contributed by atoms with Crippen LogP contribution in [0.3, 0.4) is 0 Å². The third-order valence-electron chi connectivity index (χ3n) is 1.40. The van der Waals surface area contributed by atoms with Crippen LogP contribution in [0.15, 0.2) is 0 Å². The molecule has 0 aromatic carbocycles. The van der Waals surface area contributed by atoms with E-state index < -0.39 is 5.97 Å². The molecule has 1 heterocycles. The Kier molecular flexibility index (Phi) is 3.66. The first kappa shape index (κ1) is 11.2. The number of aromatic nitrogens is 2. The highest BCUT2D eigenvalue weighted by molar-refractivity contribution is 6.35. The van der Waals surface area contributed by atoms with Crippen molar-refractivity contribution in [2.45, 2.75) is 20.3 Å². The molecule has 0 aliphatic carbocycles. The van der Waals surface area contributed by atoms with E-state index in [1.807, 2.05) is 0 Å². The van der Waals surface area contributed by atoms with E-state index >= 15 is 0 Å². The van der Waals surface area contributed by atoms with Crippen LogP contribution in [0.1, 0.15) is 19.2 Å². The number of hydrogen-bond acceptors (Lipinski definition) is 4. The Morgan fingerprint density at radius 2 is 1.86 bits per heavy atom. The molecule has 0 aliphatic rings. The molecule has 0 spiro atoms. The first-order chi connectivity index (χ1) is 6.54. The van der Waals surface area contributed by atoms with Gasteiger partial charge in [-0.1, -0.05) is 30.1 Å². The summed E-state index contributed by atoms with van der Waals surface area (Å²) in [4.78, 5) is 18.6. The van der Waals surface area contributed by atoms with Gasteiger partial charge in [0, 0.05) is 6.42 Å².